The smallest absolute Gasteiger partial charge is 0.119 e. The molecule has 1 aliphatic carbocycles. The second kappa shape index (κ2) is 6.04. The molecular weight excluding hydrogens is 340 g/mol. The molecule has 0 amide bonds. The third-order valence-corrected chi connectivity index (χ3v) is 5.60. The Bertz CT molecular complexity index is 1010. The number of benzene rings is 1. The molecule has 126 valence electrons. The van der Waals surface area contributed by atoms with Gasteiger partial charge in [-0.05, 0) is 17.2 Å². The Morgan fingerprint density at radius 3 is 2.69 bits per heavy atom. The van der Waals surface area contributed by atoms with E-state index in [0.29, 0.717) is 0 Å². The van der Waals surface area contributed by atoms with Gasteiger partial charge in [0.25, 0.3) is 0 Å². The van der Waals surface area contributed by atoms with E-state index >= 15 is 0 Å². The molecule has 1 aromatic carbocycles. The molecule has 4 nitrogen and oxygen atoms in total. The minimum Gasteiger partial charge on any atom is -0.281 e. The van der Waals surface area contributed by atoms with Crippen molar-refractivity contribution in [2.45, 2.75) is 11.8 Å². The van der Waals surface area contributed by atoms with Gasteiger partial charge in [0.1, 0.15) is 11.4 Å². The third kappa shape index (κ3) is 2.32. The molecule has 0 saturated carbocycles. The fraction of sp³-hybridized carbons (Fsp3) is 0.0952. The van der Waals surface area contributed by atoms with Crippen molar-refractivity contribution in [1.82, 2.24) is 20.2 Å². The van der Waals surface area contributed by atoms with Gasteiger partial charge in [-0.3, -0.25) is 10.1 Å². The van der Waals surface area contributed by atoms with Crippen LogP contribution in [0.15, 0.2) is 71.8 Å². The van der Waals surface area contributed by atoms with E-state index < -0.39 is 0 Å². The van der Waals surface area contributed by atoms with Crippen LogP contribution in [0.3, 0.4) is 0 Å². The highest BCUT2D eigenvalue weighted by Gasteiger charge is 2.36. The molecule has 5 rings (SSSR count). The molecule has 0 spiro atoms. The predicted molar refractivity (Wildman–Crippen MR) is 104 cm³/mol. The Morgan fingerprint density at radius 1 is 1.04 bits per heavy atom. The molecule has 3 aromatic heterocycles. The van der Waals surface area contributed by atoms with Crippen molar-refractivity contribution in [3.05, 3.63) is 94.2 Å². The van der Waals surface area contributed by atoms with Gasteiger partial charge in [0.2, 0.25) is 0 Å². The Balaban J connectivity index is 1.67. The number of hydrogen-bond donors (Lipinski definition) is 1. The number of aromatic nitrogens is 4. The molecule has 1 atom stereocenters. The summed E-state index contributed by atoms with van der Waals surface area (Å²) in [5.41, 5.74) is 8.12. The zero-order valence-electron chi connectivity index (χ0n) is 14.0. The van der Waals surface area contributed by atoms with Crippen LogP contribution in [0.4, 0.5) is 0 Å². The van der Waals surface area contributed by atoms with E-state index in [2.05, 4.69) is 68.7 Å². The van der Waals surface area contributed by atoms with E-state index in [1.165, 1.54) is 11.1 Å². The second-order valence-electron chi connectivity index (χ2n) is 6.43. The number of allylic oxidation sites excluding steroid dienone is 1. The number of thiazole rings is 1. The van der Waals surface area contributed by atoms with E-state index in [1.807, 2.05) is 29.4 Å². The number of nitrogens with zero attached hydrogens (tertiary/aromatic N) is 3. The van der Waals surface area contributed by atoms with Gasteiger partial charge in [-0.25, -0.2) is 4.98 Å². The summed E-state index contributed by atoms with van der Waals surface area (Å²) in [6.45, 7) is 0. The van der Waals surface area contributed by atoms with Crippen molar-refractivity contribution in [3.8, 4) is 11.4 Å². The number of nitrogens with one attached hydrogen (secondary N) is 1. The van der Waals surface area contributed by atoms with E-state index in [4.69, 9.17) is 0 Å². The lowest BCUT2D eigenvalue weighted by Gasteiger charge is -2.34. The Labute approximate surface area is 155 Å². The van der Waals surface area contributed by atoms with E-state index in [9.17, 15) is 0 Å². The van der Waals surface area contributed by atoms with Crippen LogP contribution in [0.2, 0.25) is 0 Å². The first-order valence-corrected chi connectivity index (χ1v) is 9.42. The molecule has 0 fully saturated rings. The Kier molecular flexibility index (Phi) is 3.53. The quantitative estimate of drug-likeness (QED) is 0.589. The monoisotopic (exact) mass is 356 g/mol. The average molecular weight is 356 g/mol. The minimum atomic E-state index is -0.256. The SMILES string of the molecule is C1=CC(c2ccccc2)(c2cccnc2)Cc2[nH]nc(-c3cscn3)c21. The van der Waals surface area contributed by atoms with Crippen LogP contribution < -0.4 is 0 Å². The van der Waals surface area contributed by atoms with E-state index in [1.54, 1.807) is 11.3 Å². The lowest BCUT2D eigenvalue weighted by Crippen LogP contribution is -2.30. The van der Waals surface area contributed by atoms with Gasteiger partial charge < -0.3 is 0 Å². The summed E-state index contributed by atoms with van der Waals surface area (Å²) < 4.78 is 0. The molecule has 1 aliphatic rings. The van der Waals surface area contributed by atoms with Crippen molar-refractivity contribution < 1.29 is 0 Å². The van der Waals surface area contributed by atoms with Crippen LogP contribution in [0, 0.1) is 0 Å². The van der Waals surface area contributed by atoms with Gasteiger partial charge in [-0.15, -0.1) is 11.3 Å². The number of hydrogen-bond acceptors (Lipinski definition) is 4. The van der Waals surface area contributed by atoms with Gasteiger partial charge in [0.15, 0.2) is 0 Å². The zero-order valence-corrected chi connectivity index (χ0v) is 14.8. The molecular formula is C21H16N4S. The summed E-state index contributed by atoms with van der Waals surface area (Å²) >= 11 is 1.58. The number of fused-ring (bicyclic) bond motifs is 1. The van der Waals surface area contributed by atoms with Gasteiger partial charge >= 0.3 is 0 Å². The third-order valence-electron chi connectivity index (χ3n) is 5.01. The van der Waals surface area contributed by atoms with Crippen molar-refractivity contribution in [1.29, 1.82) is 0 Å². The Morgan fingerprint density at radius 2 is 1.92 bits per heavy atom. The van der Waals surface area contributed by atoms with Crippen LogP contribution >= 0.6 is 11.3 Å². The van der Waals surface area contributed by atoms with Crippen molar-refractivity contribution in [2.75, 3.05) is 0 Å². The summed E-state index contributed by atoms with van der Waals surface area (Å²) in [6.07, 6.45) is 9.05. The molecule has 26 heavy (non-hydrogen) atoms. The molecule has 0 radical (unpaired) electrons. The lowest BCUT2D eigenvalue weighted by molar-refractivity contribution is 0.618. The average Bonchev–Trinajstić information content (AvgIpc) is 3.38. The molecule has 1 N–H and O–H groups in total. The number of H-pyrrole nitrogens is 1. The molecule has 0 aliphatic heterocycles. The Hall–Kier alpha value is -3.05. The highest BCUT2D eigenvalue weighted by Crippen LogP contribution is 2.42. The molecule has 1 unspecified atom stereocenters. The molecule has 5 heteroatoms. The first-order valence-electron chi connectivity index (χ1n) is 8.48. The van der Waals surface area contributed by atoms with Gasteiger partial charge in [-0.2, -0.15) is 5.10 Å². The normalized spacial score (nSPS) is 18.6. The maximum absolute atomic E-state index is 4.55. The summed E-state index contributed by atoms with van der Waals surface area (Å²) in [7, 11) is 0. The van der Waals surface area contributed by atoms with Gasteiger partial charge in [0.05, 0.1) is 5.51 Å². The molecule has 3 heterocycles. The summed E-state index contributed by atoms with van der Waals surface area (Å²) in [5.74, 6) is 0. The van der Waals surface area contributed by atoms with Crippen LogP contribution in [0.25, 0.3) is 17.5 Å². The van der Waals surface area contributed by atoms with E-state index in [-0.39, 0.29) is 5.41 Å². The van der Waals surface area contributed by atoms with E-state index in [0.717, 1.165) is 29.1 Å². The summed E-state index contributed by atoms with van der Waals surface area (Å²) in [4.78, 5) is 8.78. The minimum absolute atomic E-state index is 0.256. The number of rotatable bonds is 3. The van der Waals surface area contributed by atoms with Crippen LogP contribution in [0.1, 0.15) is 22.4 Å². The topological polar surface area (TPSA) is 54.5 Å². The first kappa shape index (κ1) is 15.2. The van der Waals surface area contributed by atoms with Gasteiger partial charge in [-0.1, -0.05) is 48.6 Å². The van der Waals surface area contributed by atoms with Crippen LogP contribution in [-0.4, -0.2) is 20.2 Å². The zero-order chi connectivity index (χ0) is 17.4. The predicted octanol–water partition coefficient (Wildman–Crippen LogP) is 4.48. The maximum Gasteiger partial charge on any atom is 0.119 e. The molecule has 4 aromatic rings. The standard InChI is InChI=1S/C21H16N4S/c1-2-5-15(6-3-1)21(16-7-4-10-22-12-16)9-8-17-18(11-21)24-25-20(17)19-13-26-14-23-19/h1-10,12-14H,11H2,(H,24,25). The van der Waals surface area contributed by atoms with Crippen LogP contribution in [-0.2, 0) is 11.8 Å². The molecule has 0 saturated heterocycles. The highest BCUT2D eigenvalue weighted by atomic mass is 32.1. The first-order chi connectivity index (χ1) is 12.9. The number of aromatic amines is 1. The van der Waals surface area contributed by atoms with Crippen LogP contribution in [0.5, 0.6) is 0 Å². The van der Waals surface area contributed by atoms with Crippen molar-refractivity contribution in [3.63, 3.8) is 0 Å². The fourth-order valence-corrected chi connectivity index (χ4v) is 4.25. The maximum atomic E-state index is 4.55. The number of pyridine rings is 1. The summed E-state index contributed by atoms with van der Waals surface area (Å²) in [5, 5.41) is 9.83. The lowest BCUT2D eigenvalue weighted by atomic mass is 9.69. The highest BCUT2D eigenvalue weighted by molar-refractivity contribution is 7.07. The van der Waals surface area contributed by atoms with Crippen molar-refractivity contribution in [2.24, 2.45) is 0 Å². The second-order valence-corrected chi connectivity index (χ2v) is 7.15. The van der Waals surface area contributed by atoms with Crippen molar-refractivity contribution >= 4 is 17.4 Å². The fourth-order valence-electron chi connectivity index (χ4n) is 3.71. The largest absolute Gasteiger partial charge is 0.281 e. The molecule has 0 bridgehead atoms. The van der Waals surface area contributed by atoms with Gasteiger partial charge in [0, 0.05) is 40.9 Å². The summed E-state index contributed by atoms with van der Waals surface area (Å²) in [6, 6.07) is 14.7.